The first-order valence-electron chi connectivity index (χ1n) is 5.28. The Kier molecular flexibility index (Phi) is 2.64. The Hall–Kier alpha value is -1.84. The van der Waals surface area contributed by atoms with Gasteiger partial charge in [-0.25, -0.2) is 0 Å². The number of carbonyl (C=O) groups excluding carboxylic acids is 1. The Balaban J connectivity index is 2.46. The summed E-state index contributed by atoms with van der Waals surface area (Å²) in [4.78, 5) is 22.8. The number of aryl methyl sites for hydroxylation is 1. The van der Waals surface area contributed by atoms with E-state index in [1.165, 1.54) is 0 Å². The topological polar surface area (TPSA) is 66.4 Å². The van der Waals surface area contributed by atoms with E-state index in [-0.39, 0.29) is 12.3 Å². The van der Waals surface area contributed by atoms with Gasteiger partial charge in [0.15, 0.2) is 5.78 Å². The third-order valence-corrected chi connectivity index (χ3v) is 2.89. The van der Waals surface area contributed by atoms with Crippen molar-refractivity contribution in [3.63, 3.8) is 0 Å². The van der Waals surface area contributed by atoms with E-state index in [2.05, 4.69) is 5.32 Å². The molecular formula is C12H13NO3. The van der Waals surface area contributed by atoms with E-state index in [1.807, 2.05) is 13.0 Å². The van der Waals surface area contributed by atoms with Gasteiger partial charge in [-0.1, -0.05) is 19.1 Å². The first kappa shape index (κ1) is 10.7. The number of aliphatic carboxylic acids is 1. The Morgan fingerprint density at radius 2 is 2.31 bits per heavy atom. The summed E-state index contributed by atoms with van der Waals surface area (Å²) < 4.78 is 0. The molecule has 1 aliphatic heterocycles. The third kappa shape index (κ3) is 1.56. The third-order valence-electron chi connectivity index (χ3n) is 2.89. The molecule has 0 spiro atoms. The van der Waals surface area contributed by atoms with Crippen LogP contribution in [0.15, 0.2) is 18.2 Å². The molecule has 0 radical (unpaired) electrons. The Labute approximate surface area is 93.3 Å². The van der Waals surface area contributed by atoms with E-state index >= 15 is 0 Å². The fraction of sp³-hybridized carbons (Fsp3) is 0.333. The smallest absolute Gasteiger partial charge is 0.316 e. The zero-order valence-corrected chi connectivity index (χ0v) is 8.99. The van der Waals surface area contributed by atoms with Gasteiger partial charge in [0, 0.05) is 17.8 Å². The van der Waals surface area contributed by atoms with Crippen LogP contribution in [-0.2, 0) is 11.2 Å². The molecule has 0 aromatic heterocycles. The summed E-state index contributed by atoms with van der Waals surface area (Å²) in [6, 6.07) is 5.42. The molecule has 1 aromatic rings. The number of anilines is 1. The number of carbonyl (C=O) groups is 2. The maximum absolute atomic E-state index is 11.9. The highest BCUT2D eigenvalue weighted by atomic mass is 16.4. The highest BCUT2D eigenvalue weighted by molar-refractivity contribution is 6.13. The molecule has 0 amide bonds. The summed E-state index contributed by atoms with van der Waals surface area (Å²) in [6.07, 6.45) is 0.821. The van der Waals surface area contributed by atoms with Crippen LogP contribution in [0.4, 0.5) is 5.69 Å². The van der Waals surface area contributed by atoms with E-state index in [4.69, 9.17) is 5.11 Å². The van der Waals surface area contributed by atoms with Crippen molar-refractivity contribution in [2.75, 3.05) is 11.9 Å². The first-order chi connectivity index (χ1) is 7.65. The molecule has 0 saturated carbocycles. The van der Waals surface area contributed by atoms with Crippen molar-refractivity contribution in [1.29, 1.82) is 0 Å². The SMILES string of the molecule is CCc1cccc2c1NCC(C(=O)O)C2=O. The minimum Gasteiger partial charge on any atom is -0.481 e. The lowest BCUT2D eigenvalue weighted by molar-refractivity contribution is -0.139. The average molecular weight is 219 g/mol. The lowest BCUT2D eigenvalue weighted by Gasteiger charge is -2.24. The Morgan fingerprint density at radius 1 is 1.56 bits per heavy atom. The molecule has 84 valence electrons. The molecule has 2 N–H and O–H groups in total. The molecule has 1 atom stereocenters. The summed E-state index contributed by atoms with van der Waals surface area (Å²) in [5.74, 6) is -2.32. The van der Waals surface area contributed by atoms with Crippen LogP contribution in [0.3, 0.4) is 0 Å². The number of fused-ring (bicyclic) bond motifs is 1. The summed E-state index contributed by atoms with van der Waals surface area (Å²) in [5, 5.41) is 11.9. The molecule has 1 aromatic carbocycles. The number of hydrogen-bond donors (Lipinski definition) is 2. The second-order valence-electron chi connectivity index (χ2n) is 3.83. The average Bonchev–Trinajstić information content (AvgIpc) is 2.28. The molecule has 0 saturated heterocycles. The predicted molar refractivity (Wildman–Crippen MR) is 59.8 cm³/mol. The van der Waals surface area contributed by atoms with Gasteiger partial charge < -0.3 is 10.4 Å². The summed E-state index contributed by atoms with van der Waals surface area (Å²) in [5.41, 5.74) is 2.35. The van der Waals surface area contributed by atoms with Crippen LogP contribution in [0.5, 0.6) is 0 Å². The molecule has 16 heavy (non-hydrogen) atoms. The van der Waals surface area contributed by atoms with Crippen LogP contribution >= 0.6 is 0 Å². The fourth-order valence-electron chi connectivity index (χ4n) is 1.99. The molecule has 0 bridgehead atoms. The van der Waals surface area contributed by atoms with E-state index in [9.17, 15) is 9.59 Å². The summed E-state index contributed by atoms with van der Waals surface area (Å²) >= 11 is 0. The number of para-hydroxylation sites is 1. The molecule has 2 rings (SSSR count). The van der Waals surface area contributed by atoms with Crippen molar-refractivity contribution in [2.24, 2.45) is 5.92 Å². The summed E-state index contributed by atoms with van der Waals surface area (Å²) in [7, 11) is 0. The monoisotopic (exact) mass is 219 g/mol. The highest BCUT2D eigenvalue weighted by Crippen LogP contribution is 2.28. The van der Waals surface area contributed by atoms with Gasteiger partial charge in [-0.05, 0) is 18.1 Å². The van der Waals surface area contributed by atoms with E-state index in [1.54, 1.807) is 12.1 Å². The lowest BCUT2D eigenvalue weighted by atomic mass is 9.90. The first-order valence-corrected chi connectivity index (χ1v) is 5.28. The molecule has 0 fully saturated rings. The number of benzene rings is 1. The predicted octanol–water partition coefficient (Wildman–Crippen LogP) is 1.56. The number of rotatable bonds is 2. The zero-order chi connectivity index (χ0) is 11.7. The normalized spacial score (nSPS) is 18.8. The maximum atomic E-state index is 11.9. The minimum absolute atomic E-state index is 0.179. The standard InChI is InChI=1S/C12H13NO3/c1-2-7-4-3-5-8-10(7)13-6-9(11(8)14)12(15)16/h3-5,9,13H,2,6H2,1H3,(H,15,16). The maximum Gasteiger partial charge on any atom is 0.316 e. The van der Waals surface area contributed by atoms with Gasteiger partial charge in [0.05, 0.1) is 0 Å². The Morgan fingerprint density at radius 3 is 2.94 bits per heavy atom. The van der Waals surface area contributed by atoms with Crippen molar-refractivity contribution in [1.82, 2.24) is 0 Å². The van der Waals surface area contributed by atoms with Crippen LogP contribution < -0.4 is 5.32 Å². The van der Waals surface area contributed by atoms with Gasteiger partial charge in [-0.3, -0.25) is 9.59 Å². The number of carboxylic acid groups (broad SMARTS) is 1. The molecule has 4 heteroatoms. The van der Waals surface area contributed by atoms with Crippen LogP contribution in [0.1, 0.15) is 22.8 Å². The number of Topliss-reactive ketones (excluding diaryl/α,β-unsaturated/α-hetero) is 1. The largest absolute Gasteiger partial charge is 0.481 e. The molecule has 1 heterocycles. The quantitative estimate of drug-likeness (QED) is 0.741. The van der Waals surface area contributed by atoms with E-state index in [0.29, 0.717) is 5.56 Å². The number of hydrogen-bond acceptors (Lipinski definition) is 3. The van der Waals surface area contributed by atoms with Crippen molar-refractivity contribution in [3.8, 4) is 0 Å². The van der Waals surface area contributed by atoms with Gasteiger partial charge >= 0.3 is 5.97 Å². The number of ketones is 1. The molecule has 1 unspecified atom stereocenters. The van der Waals surface area contributed by atoms with E-state index in [0.717, 1.165) is 17.7 Å². The molecule has 0 aliphatic carbocycles. The van der Waals surface area contributed by atoms with Crippen LogP contribution in [0, 0.1) is 5.92 Å². The van der Waals surface area contributed by atoms with Crippen molar-refractivity contribution >= 4 is 17.4 Å². The molecular weight excluding hydrogens is 206 g/mol. The Bertz CT molecular complexity index is 454. The van der Waals surface area contributed by atoms with Crippen LogP contribution in [-0.4, -0.2) is 23.4 Å². The van der Waals surface area contributed by atoms with Crippen molar-refractivity contribution < 1.29 is 14.7 Å². The van der Waals surface area contributed by atoms with Gasteiger partial charge in [0.1, 0.15) is 5.92 Å². The van der Waals surface area contributed by atoms with Crippen molar-refractivity contribution in [2.45, 2.75) is 13.3 Å². The van der Waals surface area contributed by atoms with Crippen molar-refractivity contribution in [3.05, 3.63) is 29.3 Å². The van der Waals surface area contributed by atoms with Gasteiger partial charge in [-0.2, -0.15) is 0 Å². The summed E-state index contributed by atoms with van der Waals surface area (Å²) in [6.45, 7) is 2.18. The highest BCUT2D eigenvalue weighted by Gasteiger charge is 2.33. The second-order valence-corrected chi connectivity index (χ2v) is 3.83. The van der Waals surface area contributed by atoms with Crippen LogP contribution in [0.25, 0.3) is 0 Å². The van der Waals surface area contributed by atoms with Crippen LogP contribution in [0.2, 0.25) is 0 Å². The second kappa shape index (κ2) is 3.96. The minimum atomic E-state index is -1.06. The fourth-order valence-corrected chi connectivity index (χ4v) is 1.99. The molecule has 4 nitrogen and oxygen atoms in total. The zero-order valence-electron chi connectivity index (χ0n) is 8.99. The van der Waals surface area contributed by atoms with Gasteiger partial charge in [0.25, 0.3) is 0 Å². The molecule has 1 aliphatic rings. The van der Waals surface area contributed by atoms with Gasteiger partial charge in [0.2, 0.25) is 0 Å². The number of carboxylic acids is 1. The lowest BCUT2D eigenvalue weighted by Crippen LogP contribution is -2.35. The van der Waals surface area contributed by atoms with Gasteiger partial charge in [-0.15, -0.1) is 0 Å². The van der Waals surface area contributed by atoms with E-state index < -0.39 is 11.9 Å². The number of nitrogens with one attached hydrogen (secondary N) is 1.